The number of thiazole rings is 1. The zero-order chi connectivity index (χ0) is 7.84. The van der Waals surface area contributed by atoms with Crippen LogP contribution in [-0.4, -0.2) is 4.98 Å². The van der Waals surface area contributed by atoms with E-state index in [1.54, 1.807) is 11.3 Å². The maximum absolute atomic E-state index is 5.03. The second-order valence-corrected chi connectivity index (χ2v) is 4.98. The van der Waals surface area contributed by atoms with E-state index in [1.165, 1.54) is 8.27 Å². The highest BCUT2D eigenvalue weighted by Crippen LogP contribution is 2.24. The normalized spacial score (nSPS) is 10.6. The van der Waals surface area contributed by atoms with E-state index < -0.39 is 0 Å². The Morgan fingerprint density at radius 2 is 2.27 bits per heavy atom. The third-order valence-corrected chi connectivity index (χ3v) is 3.95. The molecule has 0 aliphatic carbocycles. The predicted molar refractivity (Wildman–Crippen MR) is 59.7 cm³/mol. The second kappa shape index (κ2) is 2.84. The van der Waals surface area contributed by atoms with Gasteiger partial charge in [0.05, 0.1) is 10.2 Å². The minimum atomic E-state index is 0.851. The Morgan fingerprint density at radius 1 is 1.45 bits per heavy atom. The molecule has 0 saturated heterocycles. The summed E-state index contributed by atoms with van der Waals surface area (Å²) >= 11 is 8.98. The summed E-state index contributed by atoms with van der Waals surface area (Å²) < 4.78 is 3.37. The molecule has 1 nitrogen and oxygen atoms in total. The van der Waals surface area contributed by atoms with Gasteiger partial charge in [-0.1, -0.05) is 6.07 Å². The first-order chi connectivity index (χ1) is 5.27. The largest absolute Gasteiger partial charge is 0.337 e. The highest BCUT2D eigenvalue weighted by molar-refractivity contribution is 14.1. The van der Waals surface area contributed by atoms with Crippen LogP contribution in [0.1, 0.15) is 0 Å². The molecule has 0 unspecified atom stereocenters. The molecule has 0 amide bonds. The van der Waals surface area contributed by atoms with Crippen molar-refractivity contribution in [2.75, 3.05) is 0 Å². The van der Waals surface area contributed by atoms with Crippen LogP contribution in [0.3, 0.4) is 0 Å². The minimum Gasteiger partial charge on any atom is -0.337 e. The molecule has 0 saturated carbocycles. The molecule has 1 N–H and O–H groups in total. The molecule has 0 aliphatic rings. The molecule has 0 bridgehead atoms. The molecule has 0 aliphatic heterocycles. The monoisotopic (exact) mass is 293 g/mol. The fourth-order valence-corrected chi connectivity index (χ4v) is 2.87. The molecule has 56 valence electrons. The fourth-order valence-electron chi connectivity index (χ4n) is 0.939. The molecular weight excluding hydrogens is 289 g/mol. The minimum absolute atomic E-state index is 0.851. The van der Waals surface area contributed by atoms with Crippen LogP contribution in [0.5, 0.6) is 0 Å². The van der Waals surface area contributed by atoms with Crippen molar-refractivity contribution in [1.82, 2.24) is 4.98 Å². The Kier molecular flexibility index (Phi) is 1.98. The van der Waals surface area contributed by atoms with Crippen molar-refractivity contribution in [2.45, 2.75) is 0 Å². The van der Waals surface area contributed by atoms with Gasteiger partial charge in [0.15, 0.2) is 3.95 Å². The van der Waals surface area contributed by atoms with Crippen LogP contribution in [-0.2, 0) is 0 Å². The standard InChI is InChI=1S/C7H4INS2/c8-4-2-1-3-5-6(4)11-7(10)9-5/h1-3H,(H,9,10). The number of rotatable bonds is 0. The van der Waals surface area contributed by atoms with Crippen LogP contribution < -0.4 is 0 Å². The summed E-state index contributed by atoms with van der Waals surface area (Å²) in [6.45, 7) is 0. The Labute approximate surface area is 86.6 Å². The number of aromatic nitrogens is 1. The first kappa shape index (κ1) is 7.70. The van der Waals surface area contributed by atoms with E-state index in [1.807, 2.05) is 12.1 Å². The number of H-pyrrole nitrogens is 1. The lowest BCUT2D eigenvalue weighted by Gasteiger charge is -1.89. The Balaban J connectivity index is 3.01. The highest BCUT2D eigenvalue weighted by Gasteiger charge is 1.98. The third kappa shape index (κ3) is 1.34. The Bertz CT molecular complexity index is 443. The van der Waals surface area contributed by atoms with Gasteiger partial charge in [0.2, 0.25) is 0 Å². The number of hydrogen-bond acceptors (Lipinski definition) is 2. The zero-order valence-corrected chi connectivity index (χ0v) is 9.22. The van der Waals surface area contributed by atoms with Crippen LogP contribution in [0.25, 0.3) is 10.2 Å². The number of halogens is 1. The van der Waals surface area contributed by atoms with E-state index in [-0.39, 0.29) is 0 Å². The van der Waals surface area contributed by atoms with Crippen molar-refractivity contribution < 1.29 is 0 Å². The zero-order valence-electron chi connectivity index (χ0n) is 5.43. The van der Waals surface area contributed by atoms with Gasteiger partial charge in [-0.3, -0.25) is 0 Å². The molecule has 1 aromatic carbocycles. The van der Waals surface area contributed by atoms with E-state index >= 15 is 0 Å². The van der Waals surface area contributed by atoms with Crippen molar-refractivity contribution >= 4 is 56.4 Å². The van der Waals surface area contributed by atoms with Crippen molar-refractivity contribution in [2.24, 2.45) is 0 Å². The van der Waals surface area contributed by atoms with E-state index in [9.17, 15) is 0 Å². The van der Waals surface area contributed by atoms with Gasteiger partial charge in [-0.05, 0) is 46.9 Å². The topological polar surface area (TPSA) is 15.8 Å². The lowest BCUT2D eigenvalue weighted by atomic mass is 10.3. The molecular formula is C7H4INS2. The molecule has 0 fully saturated rings. The summed E-state index contributed by atoms with van der Waals surface area (Å²) in [5.41, 5.74) is 1.15. The number of fused-ring (bicyclic) bond motifs is 1. The number of benzene rings is 1. The van der Waals surface area contributed by atoms with Crippen LogP contribution in [0.2, 0.25) is 0 Å². The van der Waals surface area contributed by atoms with Crippen molar-refractivity contribution in [3.05, 3.63) is 25.7 Å². The molecule has 4 heteroatoms. The first-order valence-corrected chi connectivity index (χ1v) is 5.35. The summed E-state index contributed by atoms with van der Waals surface area (Å²) in [6.07, 6.45) is 0. The molecule has 11 heavy (non-hydrogen) atoms. The molecule has 0 atom stereocenters. The molecule has 0 radical (unpaired) electrons. The van der Waals surface area contributed by atoms with E-state index in [0.29, 0.717) is 0 Å². The van der Waals surface area contributed by atoms with Crippen LogP contribution >= 0.6 is 46.1 Å². The molecule has 1 heterocycles. The lowest BCUT2D eigenvalue weighted by molar-refractivity contribution is 1.47. The van der Waals surface area contributed by atoms with Gasteiger partial charge < -0.3 is 4.98 Å². The van der Waals surface area contributed by atoms with Gasteiger partial charge >= 0.3 is 0 Å². The summed E-state index contributed by atoms with van der Waals surface area (Å²) in [5, 5.41) is 0. The van der Waals surface area contributed by atoms with Gasteiger partial charge in [-0.25, -0.2) is 0 Å². The van der Waals surface area contributed by atoms with Crippen molar-refractivity contribution in [3.8, 4) is 0 Å². The van der Waals surface area contributed by atoms with Gasteiger partial charge in [0, 0.05) is 3.57 Å². The van der Waals surface area contributed by atoms with Gasteiger partial charge in [-0.15, -0.1) is 11.3 Å². The Hall–Kier alpha value is 0.0600. The van der Waals surface area contributed by atoms with Gasteiger partial charge in [-0.2, -0.15) is 0 Å². The molecule has 1 aromatic heterocycles. The fraction of sp³-hybridized carbons (Fsp3) is 0. The summed E-state index contributed by atoms with van der Waals surface area (Å²) in [6, 6.07) is 6.16. The maximum atomic E-state index is 5.03. The highest BCUT2D eigenvalue weighted by atomic mass is 127. The van der Waals surface area contributed by atoms with Gasteiger partial charge in [0.25, 0.3) is 0 Å². The summed E-state index contributed by atoms with van der Waals surface area (Å²) in [5.74, 6) is 0. The summed E-state index contributed by atoms with van der Waals surface area (Å²) in [7, 11) is 0. The first-order valence-electron chi connectivity index (χ1n) is 3.05. The average molecular weight is 293 g/mol. The molecule has 2 rings (SSSR count). The van der Waals surface area contributed by atoms with Crippen LogP contribution in [0, 0.1) is 7.52 Å². The number of aromatic amines is 1. The van der Waals surface area contributed by atoms with Gasteiger partial charge in [0.1, 0.15) is 0 Å². The predicted octanol–water partition coefficient (Wildman–Crippen LogP) is 3.56. The van der Waals surface area contributed by atoms with E-state index in [2.05, 4.69) is 33.6 Å². The third-order valence-electron chi connectivity index (χ3n) is 1.40. The molecule has 2 aromatic rings. The van der Waals surface area contributed by atoms with Crippen molar-refractivity contribution in [3.63, 3.8) is 0 Å². The van der Waals surface area contributed by atoms with E-state index in [0.717, 1.165) is 9.47 Å². The van der Waals surface area contributed by atoms with E-state index in [4.69, 9.17) is 12.2 Å². The second-order valence-electron chi connectivity index (χ2n) is 2.13. The van der Waals surface area contributed by atoms with Crippen LogP contribution in [0.15, 0.2) is 18.2 Å². The number of nitrogens with one attached hydrogen (secondary N) is 1. The molecule has 0 spiro atoms. The number of hydrogen-bond donors (Lipinski definition) is 1. The maximum Gasteiger partial charge on any atom is 0.159 e. The Morgan fingerprint density at radius 3 is 3.00 bits per heavy atom. The van der Waals surface area contributed by atoms with Crippen molar-refractivity contribution in [1.29, 1.82) is 0 Å². The summed E-state index contributed by atoms with van der Waals surface area (Å²) in [4.78, 5) is 3.13. The lowest BCUT2D eigenvalue weighted by Crippen LogP contribution is -1.69. The smallest absolute Gasteiger partial charge is 0.159 e. The quantitative estimate of drug-likeness (QED) is 0.580. The van der Waals surface area contributed by atoms with Crippen LogP contribution in [0.4, 0.5) is 0 Å². The SMILES string of the molecule is S=c1[nH]c2cccc(I)c2s1. The average Bonchev–Trinajstić information content (AvgIpc) is 2.31.